The molecule has 3 amide bonds. The number of imide groups is 1. The highest BCUT2D eigenvalue weighted by Gasteiger charge is 2.36. The van der Waals surface area contributed by atoms with E-state index in [1.807, 2.05) is 18.2 Å². The lowest BCUT2D eigenvalue weighted by molar-refractivity contribution is -0.126. The Bertz CT molecular complexity index is 467. The first-order chi connectivity index (χ1) is 9.25. The molecule has 0 bridgehead atoms. The second-order valence-corrected chi connectivity index (χ2v) is 4.83. The Labute approximate surface area is 111 Å². The Morgan fingerprint density at radius 1 is 1.21 bits per heavy atom. The van der Waals surface area contributed by atoms with Gasteiger partial charge in [-0.25, -0.2) is 9.78 Å². The van der Waals surface area contributed by atoms with Crippen molar-refractivity contribution in [1.82, 2.24) is 15.2 Å². The highest BCUT2D eigenvalue weighted by Crippen LogP contribution is 2.22. The molecule has 2 fully saturated rings. The van der Waals surface area contributed by atoms with Crippen molar-refractivity contribution in [2.45, 2.75) is 18.9 Å². The summed E-state index contributed by atoms with van der Waals surface area (Å²) in [5.41, 5.74) is 0. The molecular weight excluding hydrogens is 244 g/mol. The van der Waals surface area contributed by atoms with Gasteiger partial charge in [-0.1, -0.05) is 6.07 Å². The molecule has 0 atom stereocenters. The average molecular weight is 260 g/mol. The number of aromatic nitrogens is 1. The van der Waals surface area contributed by atoms with Gasteiger partial charge in [-0.2, -0.15) is 0 Å². The summed E-state index contributed by atoms with van der Waals surface area (Å²) in [6.45, 7) is 1.77. The smallest absolute Gasteiger partial charge is 0.324 e. The lowest BCUT2D eigenvalue weighted by Crippen LogP contribution is -2.47. The van der Waals surface area contributed by atoms with Crippen molar-refractivity contribution in [3.63, 3.8) is 0 Å². The van der Waals surface area contributed by atoms with Gasteiger partial charge in [0.05, 0.1) is 6.54 Å². The van der Waals surface area contributed by atoms with Crippen LogP contribution < -0.4 is 10.2 Å². The van der Waals surface area contributed by atoms with Crippen LogP contribution >= 0.6 is 0 Å². The third-order valence-electron chi connectivity index (χ3n) is 3.68. The first-order valence-corrected chi connectivity index (χ1v) is 6.51. The number of nitrogens with zero attached hydrogens (tertiary/aromatic N) is 3. The molecule has 1 N–H and O–H groups in total. The number of rotatable bonds is 2. The minimum atomic E-state index is -0.249. The molecule has 0 spiro atoms. The third-order valence-corrected chi connectivity index (χ3v) is 3.68. The lowest BCUT2D eigenvalue weighted by atomic mass is 10.0. The summed E-state index contributed by atoms with van der Waals surface area (Å²) in [5, 5.41) is 2.57. The highest BCUT2D eigenvalue weighted by molar-refractivity contribution is 6.02. The van der Waals surface area contributed by atoms with Crippen LogP contribution in [0.4, 0.5) is 10.6 Å². The molecule has 19 heavy (non-hydrogen) atoms. The quantitative estimate of drug-likeness (QED) is 0.791. The number of pyridine rings is 1. The standard InChI is InChI=1S/C13H16N4O2/c18-12-9-15-13(19)17(12)10-4-7-16(8-5-10)11-3-1-2-6-14-11/h1-3,6,10H,4-5,7-9H2,(H,15,19). The summed E-state index contributed by atoms with van der Waals surface area (Å²) >= 11 is 0. The molecule has 2 aliphatic heterocycles. The maximum atomic E-state index is 11.7. The Morgan fingerprint density at radius 3 is 2.58 bits per heavy atom. The molecule has 1 aromatic rings. The number of carbonyl (C=O) groups excluding carboxylic acids is 2. The van der Waals surface area contributed by atoms with Gasteiger partial charge >= 0.3 is 6.03 Å². The number of urea groups is 1. The summed E-state index contributed by atoms with van der Waals surface area (Å²) in [6, 6.07) is 5.61. The fraction of sp³-hybridized carbons (Fsp3) is 0.462. The highest BCUT2D eigenvalue weighted by atomic mass is 16.2. The predicted molar refractivity (Wildman–Crippen MR) is 69.7 cm³/mol. The molecule has 3 heterocycles. The fourth-order valence-electron chi connectivity index (χ4n) is 2.70. The summed E-state index contributed by atoms with van der Waals surface area (Å²) in [7, 11) is 0. The van der Waals surface area contributed by atoms with Crippen LogP contribution in [0.3, 0.4) is 0 Å². The van der Waals surface area contributed by atoms with Crippen LogP contribution in [-0.2, 0) is 4.79 Å². The molecule has 2 aliphatic rings. The topological polar surface area (TPSA) is 65.5 Å². The van der Waals surface area contributed by atoms with E-state index in [-0.39, 0.29) is 24.5 Å². The summed E-state index contributed by atoms with van der Waals surface area (Å²) < 4.78 is 0. The van der Waals surface area contributed by atoms with E-state index in [0.29, 0.717) is 0 Å². The summed E-state index contributed by atoms with van der Waals surface area (Å²) in [5.74, 6) is 0.847. The molecule has 0 unspecified atom stereocenters. The van der Waals surface area contributed by atoms with E-state index in [2.05, 4.69) is 15.2 Å². The van der Waals surface area contributed by atoms with Crippen molar-refractivity contribution in [3.8, 4) is 0 Å². The summed E-state index contributed by atoms with van der Waals surface area (Å²) in [6.07, 6.45) is 3.38. The second kappa shape index (κ2) is 4.87. The number of nitrogens with one attached hydrogen (secondary N) is 1. The minimum Gasteiger partial charge on any atom is -0.356 e. The number of carbonyl (C=O) groups is 2. The van der Waals surface area contributed by atoms with E-state index in [0.717, 1.165) is 31.7 Å². The fourth-order valence-corrected chi connectivity index (χ4v) is 2.70. The van der Waals surface area contributed by atoms with E-state index < -0.39 is 0 Å². The van der Waals surface area contributed by atoms with Crippen molar-refractivity contribution in [3.05, 3.63) is 24.4 Å². The van der Waals surface area contributed by atoms with Crippen LogP contribution in [0.5, 0.6) is 0 Å². The van der Waals surface area contributed by atoms with Gasteiger partial charge in [0.2, 0.25) is 5.91 Å². The third kappa shape index (κ3) is 2.25. The van der Waals surface area contributed by atoms with Crippen molar-refractivity contribution < 1.29 is 9.59 Å². The zero-order chi connectivity index (χ0) is 13.2. The van der Waals surface area contributed by atoms with Crippen molar-refractivity contribution in [2.75, 3.05) is 24.5 Å². The molecule has 2 saturated heterocycles. The van der Waals surface area contributed by atoms with Crippen molar-refractivity contribution >= 4 is 17.8 Å². The van der Waals surface area contributed by atoms with Gasteiger partial charge in [-0.15, -0.1) is 0 Å². The van der Waals surface area contributed by atoms with Gasteiger partial charge in [0.15, 0.2) is 0 Å². The van der Waals surface area contributed by atoms with Crippen LogP contribution in [0.1, 0.15) is 12.8 Å². The molecular formula is C13H16N4O2. The normalized spacial score (nSPS) is 20.8. The minimum absolute atomic E-state index is 0.0231. The number of amides is 3. The number of hydrogen-bond acceptors (Lipinski definition) is 4. The van der Waals surface area contributed by atoms with Crippen LogP contribution in [0, 0.1) is 0 Å². The molecule has 1 aromatic heterocycles. The maximum absolute atomic E-state index is 11.7. The Hall–Kier alpha value is -2.11. The van der Waals surface area contributed by atoms with Crippen molar-refractivity contribution in [2.24, 2.45) is 0 Å². The summed E-state index contributed by atoms with van der Waals surface area (Å²) in [4.78, 5) is 31.2. The Kier molecular flexibility index (Phi) is 3.06. The molecule has 0 radical (unpaired) electrons. The van der Waals surface area contributed by atoms with E-state index in [1.54, 1.807) is 6.20 Å². The first-order valence-electron chi connectivity index (χ1n) is 6.51. The Morgan fingerprint density at radius 2 is 2.00 bits per heavy atom. The second-order valence-electron chi connectivity index (χ2n) is 4.83. The number of hydrogen-bond donors (Lipinski definition) is 1. The largest absolute Gasteiger partial charge is 0.356 e. The zero-order valence-electron chi connectivity index (χ0n) is 10.6. The lowest BCUT2D eigenvalue weighted by Gasteiger charge is -2.35. The van der Waals surface area contributed by atoms with Gasteiger partial charge in [0.1, 0.15) is 5.82 Å². The van der Waals surface area contributed by atoms with Gasteiger partial charge in [0.25, 0.3) is 0 Å². The number of piperidine rings is 1. The maximum Gasteiger partial charge on any atom is 0.324 e. The van der Waals surface area contributed by atoms with Crippen LogP contribution in [0.15, 0.2) is 24.4 Å². The average Bonchev–Trinajstić information content (AvgIpc) is 2.79. The van der Waals surface area contributed by atoms with Crippen molar-refractivity contribution in [1.29, 1.82) is 0 Å². The molecule has 0 aliphatic carbocycles. The van der Waals surface area contributed by atoms with E-state index in [4.69, 9.17) is 0 Å². The monoisotopic (exact) mass is 260 g/mol. The van der Waals surface area contributed by atoms with Gasteiger partial charge < -0.3 is 10.2 Å². The van der Waals surface area contributed by atoms with Gasteiger partial charge in [-0.05, 0) is 25.0 Å². The molecule has 6 heteroatoms. The van der Waals surface area contributed by atoms with E-state index >= 15 is 0 Å². The molecule has 100 valence electrons. The van der Waals surface area contributed by atoms with E-state index in [9.17, 15) is 9.59 Å². The Balaban J connectivity index is 1.64. The van der Waals surface area contributed by atoms with Crippen LogP contribution in [-0.4, -0.2) is 47.5 Å². The molecule has 3 rings (SSSR count). The molecule has 0 saturated carbocycles. The SMILES string of the molecule is O=C1CNC(=O)N1C1CCN(c2ccccn2)CC1. The van der Waals surface area contributed by atoms with Crippen LogP contribution in [0.2, 0.25) is 0 Å². The van der Waals surface area contributed by atoms with Crippen LogP contribution in [0.25, 0.3) is 0 Å². The molecule has 0 aromatic carbocycles. The predicted octanol–water partition coefficient (Wildman–Crippen LogP) is 0.602. The zero-order valence-corrected chi connectivity index (χ0v) is 10.6. The van der Waals surface area contributed by atoms with E-state index in [1.165, 1.54) is 4.90 Å². The van der Waals surface area contributed by atoms with Gasteiger partial charge in [0, 0.05) is 25.3 Å². The number of anilines is 1. The van der Waals surface area contributed by atoms with Gasteiger partial charge in [-0.3, -0.25) is 9.69 Å². The molecule has 6 nitrogen and oxygen atoms in total. The first kappa shape index (κ1) is 12.0.